The minimum absolute atomic E-state index is 0.00282. The lowest BCUT2D eigenvalue weighted by atomic mass is 10.2. The molecule has 1 fully saturated rings. The molecule has 0 spiro atoms. The number of carbonyl (C=O) groups excluding carboxylic acids is 1. The predicted octanol–water partition coefficient (Wildman–Crippen LogP) is 0.315. The maximum absolute atomic E-state index is 12.4. The van der Waals surface area contributed by atoms with Gasteiger partial charge in [-0.3, -0.25) is 9.69 Å². The lowest BCUT2D eigenvalue weighted by molar-refractivity contribution is -0.136. The molecule has 0 aromatic carbocycles. The van der Waals surface area contributed by atoms with Crippen molar-refractivity contribution in [3.8, 4) is 0 Å². The lowest BCUT2D eigenvalue weighted by Gasteiger charge is -2.35. The van der Waals surface area contributed by atoms with Gasteiger partial charge in [0.05, 0.1) is 11.8 Å². The van der Waals surface area contributed by atoms with E-state index >= 15 is 0 Å². The van der Waals surface area contributed by atoms with Gasteiger partial charge >= 0.3 is 0 Å². The van der Waals surface area contributed by atoms with Gasteiger partial charge in [0.25, 0.3) is 0 Å². The molecule has 19 heavy (non-hydrogen) atoms. The summed E-state index contributed by atoms with van der Waals surface area (Å²) in [6, 6.07) is -0.461. The van der Waals surface area contributed by atoms with Gasteiger partial charge in [-0.1, -0.05) is 0 Å². The molecule has 1 aliphatic heterocycles. The van der Waals surface area contributed by atoms with Crippen LogP contribution in [0.1, 0.15) is 13.8 Å². The van der Waals surface area contributed by atoms with Crippen molar-refractivity contribution >= 4 is 27.5 Å². The van der Waals surface area contributed by atoms with E-state index in [0.717, 1.165) is 24.6 Å². The number of rotatable bonds is 5. The van der Waals surface area contributed by atoms with Crippen molar-refractivity contribution in [3.63, 3.8) is 0 Å². The summed E-state index contributed by atoms with van der Waals surface area (Å²) in [6.45, 7) is 5.53. The second-order valence-corrected chi connectivity index (χ2v) is 8.62. The Morgan fingerprint density at radius 1 is 1.32 bits per heavy atom. The second-order valence-electron chi connectivity index (χ2n) is 5.21. The smallest absolute Gasteiger partial charge is 0.239 e. The Hall–Kier alpha value is -0.270. The third-order valence-corrected chi connectivity index (χ3v) is 5.53. The van der Waals surface area contributed by atoms with Crippen LogP contribution in [0.15, 0.2) is 0 Å². The van der Waals surface area contributed by atoms with Gasteiger partial charge in [-0.15, -0.1) is 0 Å². The minimum Gasteiger partial charge on any atom is -0.341 e. The van der Waals surface area contributed by atoms with E-state index in [9.17, 15) is 13.2 Å². The average molecular weight is 308 g/mol. The van der Waals surface area contributed by atoms with Gasteiger partial charge < -0.3 is 4.90 Å². The summed E-state index contributed by atoms with van der Waals surface area (Å²) in [5.41, 5.74) is 0. The molecular formula is C12H24N2O3S2. The van der Waals surface area contributed by atoms with Crippen LogP contribution in [0.4, 0.5) is 0 Å². The quantitative estimate of drug-likeness (QED) is 0.732. The van der Waals surface area contributed by atoms with Crippen molar-refractivity contribution in [2.75, 3.05) is 43.7 Å². The van der Waals surface area contributed by atoms with Crippen molar-refractivity contribution < 1.29 is 13.2 Å². The molecule has 0 N–H and O–H groups in total. The van der Waals surface area contributed by atoms with Gasteiger partial charge in [0.15, 0.2) is 0 Å². The van der Waals surface area contributed by atoms with Crippen LogP contribution in [0.25, 0.3) is 0 Å². The number of nitrogens with zero attached hydrogens (tertiary/aromatic N) is 2. The molecule has 0 saturated carbocycles. The van der Waals surface area contributed by atoms with Crippen molar-refractivity contribution in [1.82, 2.24) is 9.80 Å². The first-order valence-electron chi connectivity index (χ1n) is 6.48. The molecule has 0 aliphatic carbocycles. The molecule has 5 nitrogen and oxygen atoms in total. The predicted molar refractivity (Wildman–Crippen MR) is 80.3 cm³/mol. The van der Waals surface area contributed by atoms with E-state index in [1.54, 1.807) is 18.9 Å². The molecular weight excluding hydrogens is 284 g/mol. The summed E-state index contributed by atoms with van der Waals surface area (Å²) in [4.78, 5) is 16.1. The number of thioether (sulfide) groups is 1. The van der Waals surface area contributed by atoms with E-state index < -0.39 is 9.84 Å². The largest absolute Gasteiger partial charge is 0.341 e. The molecule has 0 aromatic heterocycles. The van der Waals surface area contributed by atoms with Crippen molar-refractivity contribution in [1.29, 1.82) is 0 Å². The highest BCUT2D eigenvalue weighted by molar-refractivity contribution is 7.99. The molecule has 112 valence electrons. The number of hydrogen-bond acceptors (Lipinski definition) is 5. The highest BCUT2D eigenvalue weighted by atomic mass is 32.2. The van der Waals surface area contributed by atoms with Gasteiger partial charge in [0.2, 0.25) is 5.91 Å². The molecule has 1 aliphatic rings. The van der Waals surface area contributed by atoms with E-state index in [0.29, 0.717) is 0 Å². The Balaban J connectivity index is 2.59. The van der Waals surface area contributed by atoms with Crippen LogP contribution < -0.4 is 0 Å². The Kier molecular flexibility index (Phi) is 6.14. The highest BCUT2D eigenvalue weighted by Gasteiger charge is 2.28. The van der Waals surface area contributed by atoms with Crippen LogP contribution in [0, 0.1) is 0 Å². The molecule has 0 bridgehead atoms. The van der Waals surface area contributed by atoms with E-state index in [1.807, 2.05) is 18.7 Å². The lowest BCUT2D eigenvalue weighted by Crippen LogP contribution is -2.51. The zero-order chi connectivity index (χ0) is 14.6. The number of amides is 1. The topological polar surface area (TPSA) is 57.7 Å². The monoisotopic (exact) mass is 308 g/mol. The van der Waals surface area contributed by atoms with E-state index in [4.69, 9.17) is 0 Å². The van der Waals surface area contributed by atoms with Crippen molar-refractivity contribution in [3.05, 3.63) is 0 Å². The highest BCUT2D eigenvalue weighted by Crippen LogP contribution is 2.14. The summed E-state index contributed by atoms with van der Waals surface area (Å²) in [6.07, 6.45) is 1.20. The van der Waals surface area contributed by atoms with E-state index in [-0.39, 0.29) is 23.7 Å². The van der Waals surface area contributed by atoms with E-state index in [1.165, 1.54) is 6.26 Å². The van der Waals surface area contributed by atoms with Gasteiger partial charge in [0, 0.05) is 43.9 Å². The van der Waals surface area contributed by atoms with Gasteiger partial charge in [-0.2, -0.15) is 11.8 Å². The summed E-state index contributed by atoms with van der Waals surface area (Å²) < 4.78 is 22.6. The Morgan fingerprint density at radius 3 is 2.32 bits per heavy atom. The molecule has 2 unspecified atom stereocenters. The van der Waals surface area contributed by atoms with Crippen LogP contribution in [-0.4, -0.2) is 79.9 Å². The SMILES string of the molecule is CC(C(=O)N(C)C(C)CS(C)(=O)=O)N1CCSCC1. The zero-order valence-corrected chi connectivity index (χ0v) is 13.8. The molecule has 1 amide bonds. The average Bonchev–Trinajstić information content (AvgIpc) is 2.35. The maximum atomic E-state index is 12.4. The number of likely N-dealkylation sites (N-methyl/N-ethyl adjacent to an activating group) is 1. The third kappa shape index (κ3) is 5.31. The fourth-order valence-electron chi connectivity index (χ4n) is 2.18. The standard InChI is InChI=1S/C12H24N2O3S2/c1-10(9-19(4,16)17)13(3)12(15)11(2)14-5-7-18-8-6-14/h10-11H,5-9H2,1-4H3. The summed E-state index contributed by atoms with van der Waals surface area (Å²) in [5.74, 6) is 2.13. The molecule has 1 heterocycles. The number of hydrogen-bond donors (Lipinski definition) is 0. The maximum Gasteiger partial charge on any atom is 0.239 e. The molecule has 1 rings (SSSR count). The van der Waals surface area contributed by atoms with Crippen LogP contribution >= 0.6 is 11.8 Å². The van der Waals surface area contributed by atoms with Crippen LogP contribution in [0.3, 0.4) is 0 Å². The third-order valence-electron chi connectivity index (χ3n) is 3.50. The molecule has 0 aromatic rings. The Morgan fingerprint density at radius 2 is 1.84 bits per heavy atom. The normalized spacial score (nSPS) is 20.8. The second kappa shape index (κ2) is 6.95. The fraction of sp³-hybridized carbons (Fsp3) is 0.917. The van der Waals surface area contributed by atoms with Crippen molar-refractivity contribution in [2.45, 2.75) is 25.9 Å². The molecule has 0 radical (unpaired) electrons. The molecule has 1 saturated heterocycles. The summed E-state index contributed by atoms with van der Waals surface area (Å²) in [5, 5.41) is 0. The van der Waals surface area contributed by atoms with Gasteiger partial charge in [-0.05, 0) is 13.8 Å². The fourth-order valence-corrected chi connectivity index (χ4v) is 4.21. The molecule has 2 atom stereocenters. The van der Waals surface area contributed by atoms with Crippen molar-refractivity contribution in [2.24, 2.45) is 0 Å². The first kappa shape index (κ1) is 16.8. The first-order valence-corrected chi connectivity index (χ1v) is 9.70. The number of sulfone groups is 1. The first-order chi connectivity index (χ1) is 8.72. The van der Waals surface area contributed by atoms with Crippen LogP contribution in [-0.2, 0) is 14.6 Å². The summed E-state index contributed by atoms with van der Waals surface area (Å²) >= 11 is 1.90. The van der Waals surface area contributed by atoms with E-state index in [2.05, 4.69) is 4.90 Å². The number of carbonyl (C=O) groups is 1. The van der Waals surface area contributed by atoms with Crippen LogP contribution in [0.5, 0.6) is 0 Å². The van der Waals surface area contributed by atoms with Gasteiger partial charge in [-0.25, -0.2) is 8.42 Å². The Bertz CT molecular complexity index is 405. The molecule has 7 heteroatoms. The zero-order valence-electron chi connectivity index (χ0n) is 12.1. The minimum atomic E-state index is -3.06. The Labute approximate surface area is 120 Å². The van der Waals surface area contributed by atoms with Crippen LogP contribution in [0.2, 0.25) is 0 Å². The van der Waals surface area contributed by atoms with Gasteiger partial charge in [0.1, 0.15) is 9.84 Å². The summed E-state index contributed by atoms with van der Waals surface area (Å²) in [7, 11) is -1.38.